The lowest BCUT2D eigenvalue weighted by Crippen LogP contribution is -2.28. The Hall–Kier alpha value is -2.08. The number of esters is 1. The third-order valence-electron chi connectivity index (χ3n) is 3.13. The van der Waals surface area contributed by atoms with E-state index in [2.05, 4.69) is 4.98 Å². The minimum absolute atomic E-state index is 0.0439. The molecule has 1 aromatic carbocycles. The molecule has 22 heavy (non-hydrogen) atoms. The van der Waals surface area contributed by atoms with Crippen LogP contribution in [0.1, 0.15) is 30.1 Å². The molecule has 0 unspecified atom stereocenters. The summed E-state index contributed by atoms with van der Waals surface area (Å²) < 4.78 is 10.0. The maximum absolute atomic E-state index is 12.3. The van der Waals surface area contributed by atoms with E-state index < -0.39 is 0 Å². The Kier molecular flexibility index (Phi) is 5.38. The van der Waals surface area contributed by atoms with Gasteiger partial charge in [0.05, 0.1) is 6.61 Å². The van der Waals surface area contributed by atoms with Gasteiger partial charge in [-0.15, -0.1) is 0 Å². The molecule has 0 atom stereocenters. The van der Waals surface area contributed by atoms with E-state index in [1.165, 1.54) is 0 Å². The second-order valence-corrected chi connectivity index (χ2v) is 5.11. The molecule has 0 saturated carbocycles. The van der Waals surface area contributed by atoms with Crippen molar-refractivity contribution in [2.75, 3.05) is 20.2 Å². The molecular formula is C15H17ClN2O4. The molecule has 0 spiro atoms. The van der Waals surface area contributed by atoms with E-state index in [0.29, 0.717) is 42.7 Å². The molecule has 1 aromatic heterocycles. The standard InChI is InChI=1S/C15H17ClN2O4/c1-3-21-13(19)5-4-8-18(2)14(20)10-6-7-12-11(9-10)17-15(16)22-12/h6-7,9H,3-5,8H2,1-2H3. The van der Waals surface area contributed by atoms with Crippen molar-refractivity contribution in [1.82, 2.24) is 9.88 Å². The molecule has 7 heteroatoms. The van der Waals surface area contributed by atoms with Gasteiger partial charge in [-0.1, -0.05) is 0 Å². The third kappa shape index (κ3) is 3.98. The van der Waals surface area contributed by atoms with Crippen LogP contribution in [0.2, 0.25) is 5.35 Å². The Bertz CT molecular complexity index is 683. The van der Waals surface area contributed by atoms with Crippen LogP contribution < -0.4 is 0 Å². The molecule has 2 aromatic rings. The van der Waals surface area contributed by atoms with Crippen molar-refractivity contribution in [1.29, 1.82) is 0 Å². The number of amides is 1. The topological polar surface area (TPSA) is 72.6 Å². The van der Waals surface area contributed by atoms with E-state index in [1.807, 2.05) is 0 Å². The highest BCUT2D eigenvalue weighted by molar-refractivity contribution is 6.28. The second kappa shape index (κ2) is 7.26. The molecule has 118 valence electrons. The quantitative estimate of drug-likeness (QED) is 0.764. The van der Waals surface area contributed by atoms with Crippen molar-refractivity contribution in [3.05, 3.63) is 29.1 Å². The van der Waals surface area contributed by atoms with Crippen LogP contribution in [0.15, 0.2) is 22.6 Å². The number of oxazole rings is 1. The Labute approximate surface area is 133 Å². The Morgan fingerprint density at radius 3 is 2.91 bits per heavy atom. The summed E-state index contributed by atoms with van der Waals surface area (Å²) in [5.41, 5.74) is 1.57. The highest BCUT2D eigenvalue weighted by Gasteiger charge is 2.14. The Morgan fingerprint density at radius 2 is 2.18 bits per heavy atom. The zero-order chi connectivity index (χ0) is 16.1. The number of hydrogen-bond donors (Lipinski definition) is 0. The van der Waals surface area contributed by atoms with Crippen LogP contribution in [0.3, 0.4) is 0 Å². The van der Waals surface area contributed by atoms with E-state index in [4.69, 9.17) is 20.8 Å². The summed E-state index contributed by atoms with van der Waals surface area (Å²) >= 11 is 5.68. The van der Waals surface area contributed by atoms with Gasteiger partial charge in [-0.05, 0) is 43.1 Å². The number of nitrogens with zero attached hydrogens (tertiary/aromatic N) is 2. The minimum Gasteiger partial charge on any atom is -0.466 e. The van der Waals surface area contributed by atoms with Crippen molar-refractivity contribution in [2.24, 2.45) is 0 Å². The van der Waals surface area contributed by atoms with Crippen LogP contribution in [0.4, 0.5) is 0 Å². The number of aromatic nitrogens is 1. The zero-order valence-electron chi connectivity index (χ0n) is 12.5. The average Bonchev–Trinajstić information content (AvgIpc) is 2.85. The molecule has 0 N–H and O–H groups in total. The smallest absolute Gasteiger partial charge is 0.305 e. The van der Waals surface area contributed by atoms with Gasteiger partial charge < -0.3 is 14.1 Å². The third-order valence-corrected chi connectivity index (χ3v) is 3.30. The number of fused-ring (bicyclic) bond motifs is 1. The molecule has 1 amide bonds. The summed E-state index contributed by atoms with van der Waals surface area (Å²) in [6.45, 7) is 2.60. The molecule has 0 aliphatic heterocycles. The van der Waals surface area contributed by atoms with Gasteiger partial charge in [0.25, 0.3) is 11.3 Å². The summed E-state index contributed by atoms with van der Waals surface area (Å²) in [5, 5.41) is 0.0439. The van der Waals surface area contributed by atoms with Crippen molar-refractivity contribution >= 4 is 34.6 Å². The lowest BCUT2D eigenvalue weighted by Gasteiger charge is -2.16. The first-order valence-corrected chi connectivity index (χ1v) is 7.36. The molecule has 2 rings (SSSR count). The van der Waals surface area contributed by atoms with Gasteiger partial charge in [0.2, 0.25) is 0 Å². The molecule has 0 aliphatic rings. The lowest BCUT2D eigenvalue weighted by molar-refractivity contribution is -0.143. The van der Waals surface area contributed by atoms with E-state index in [1.54, 1.807) is 37.1 Å². The second-order valence-electron chi connectivity index (χ2n) is 4.78. The van der Waals surface area contributed by atoms with Gasteiger partial charge in [0, 0.05) is 25.6 Å². The number of ether oxygens (including phenoxy) is 1. The molecule has 0 saturated heterocycles. The van der Waals surface area contributed by atoms with Crippen LogP contribution in [0.25, 0.3) is 11.1 Å². The van der Waals surface area contributed by atoms with E-state index >= 15 is 0 Å². The van der Waals surface area contributed by atoms with Gasteiger partial charge in [-0.2, -0.15) is 4.98 Å². The van der Waals surface area contributed by atoms with Crippen LogP contribution in [0, 0.1) is 0 Å². The number of benzene rings is 1. The van der Waals surface area contributed by atoms with Gasteiger partial charge in [-0.3, -0.25) is 9.59 Å². The minimum atomic E-state index is -0.248. The summed E-state index contributed by atoms with van der Waals surface area (Å²) in [6.07, 6.45) is 0.850. The average molecular weight is 325 g/mol. The van der Waals surface area contributed by atoms with Crippen LogP contribution >= 0.6 is 11.6 Å². The van der Waals surface area contributed by atoms with Crippen molar-refractivity contribution in [3.8, 4) is 0 Å². The highest BCUT2D eigenvalue weighted by atomic mass is 35.5. The normalized spacial score (nSPS) is 10.7. The molecular weight excluding hydrogens is 308 g/mol. The van der Waals surface area contributed by atoms with Crippen molar-refractivity contribution in [2.45, 2.75) is 19.8 Å². The number of carbonyl (C=O) groups is 2. The maximum Gasteiger partial charge on any atom is 0.305 e. The molecule has 1 heterocycles. The van der Waals surface area contributed by atoms with Gasteiger partial charge >= 0.3 is 5.97 Å². The maximum atomic E-state index is 12.3. The van der Waals surface area contributed by atoms with E-state index in [0.717, 1.165) is 0 Å². The molecule has 0 aliphatic carbocycles. The first-order valence-electron chi connectivity index (χ1n) is 6.98. The van der Waals surface area contributed by atoms with Gasteiger partial charge in [0.15, 0.2) is 5.58 Å². The lowest BCUT2D eigenvalue weighted by atomic mass is 10.1. The van der Waals surface area contributed by atoms with Crippen molar-refractivity contribution in [3.63, 3.8) is 0 Å². The van der Waals surface area contributed by atoms with Crippen LogP contribution in [-0.4, -0.2) is 42.0 Å². The van der Waals surface area contributed by atoms with Gasteiger partial charge in [-0.25, -0.2) is 0 Å². The molecule has 6 nitrogen and oxygen atoms in total. The summed E-state index contributed by atoms with van der Waals surface area (Å²) in [5.74, 6) is -0.396. The molecule has 0 fully saturated rings. The predicted octanol–water partition coefficient (Wildman–Crippen LogP) is 2.90. The predicted molar refractivity (Wildman–Crippen MR) is 81.8 cm³/mol. The molecule has 0 radical (unpaired) electrons. The largest absolute Gasteiger partial charge is 0.466 e. The fourth-order valence-electron chi connectivity index (χ4n) is 2.05. The summed E-state index contributed by atoms with van der Waals surface area (Å²) in [7, 11) is 1.69. The van der Waals surface area contributed by atoms with Crippen LogP contribution in [-0.2, 0) is 9.53 Å². The molecule has 0 bridgehead atoms. The monoisotopic (exact) mass is 324 g/mol. The van der Waals surface area contributed by atoms with Crippen LogP contribution in [0.5, 0.6) is 0 Å². The van der Waals surface area contributed by atoms with E-state index in [9.17, 15) is 9.59 Å². The number of rotatable bonds is 6. The fraction of sp³-hybridized carbons (Fsp3) is 0.400. The zero-order valence-corrected chi connectivity index (χ0v) is 13.2. The Morgan fingerprint density at radius 1 is 1.41 bits per heavy atom. The number of hydrogen-bond acceptors (Lipinski definition) is 5. The summed E-state index contributed by atoms with van der Waals surface area (Å²) in [4.78, 5) is 29.1. The first-order chi connectivity index (χ1) is 10.5. The van der Waals surface area contributed by atoms with E-state index in [-0.39, 0.29) is 17.2 Å². The van der Waals surface area contributed by atoms with Crippen molar-refractivity contribution < 1.29 is 18.7 Å². The summed E-state index contributed by atoms with van der Waals surface area (Å²) in [6, 6.07) is 4.96. The SMILES string of the molecule is CCOC(=O)CCCN(C)C(=O)c1ccc2oc(Cl)nc2c1. The number of halogens is 1. The number of carbonyl (C=O) groups excluding carboxylic acids is 2. The fourth-order valence-corrected chi connectivity index (χ4v) is 2.22. The van der Waals surface area contributed by atoms with Gasteiger partial charge in [0.1, 0.15) is 5.52 Å². The Balaban J connectivity index is 1.95. The highest BCUT2D eigenvalue weighted by Crippen LogP contribution is 2.20. The first kappa shape index (κ1) is 16.3.